The molecule has 1 aromatic rings. The van der Waals surface area contributed by atoms with Crippen LogP contribution in [0.4, 0.5) is 0 Å². The highest BCUT2D eigenvalue weighted by atomic mass is 16.5. The summed E-state index contributed by atoms with van der Waals surface area (Å²) >= 11 is 0. The zero-order valence-electron chi connectivity index (χ0n) is 15.8. The quantitative estimate of drug-likeness (QED) is 0.538. The van der Waals surface area contributed by atoms with E-state index in [1.807, 2.05) is 4.90 Å². The zero-order valence-corrected chi connectivity index (χ0v) is 15.8. The largest absolute Gasteiger partial charge is 0.381 e. The molecule has 7 nitrogen and oxygen atoms in total. The second kappa shape index (κ2) is 8.97. The number of rotatable bonds is 7. The molecule has 0 N–H and O–H groups in total. The summed E-state index contributed by atoms with van der Waals surface area (Å²) in [6.07, 6.45) is 9.68. The monoisotopic (exact) mass is 375 g/mol. The third-order valence-corrected chi connectivity index (χ3v) is 5.85. The summed E-state index contributed by atoms with van der Waals surface area (Å²) in [4.78, 5) is 19.0. The van der Waals surface area contributed by atoms with Crippen molar-refractivity contribution in [2.45, 2.75) is 44.4 Å². The van der Waals surface area contributed by atoms with E-state index in [4.69, 9.17) is 14.0 Å². The van der Waals surface area contributed by atoms with Crippen molar-refractivity contribution in [2.75, 3.05) is 39.5 Å². The Kier molecular flexibility index (Phi) is 6.19. The highest BCUT2D eigenvalue weighted by molar-refractivity contribution is 5.80. The van der Waals surface area contributed by atoms with Crippen LogP contribution in [-0.4, -0.2) is 60.5 Å². The van der Waals surface area contributed by atoms with E-state index in [0.29, 0.717) is 37.2 Å². The number of aromatic nitrogens is 2. The van der Waals surface area contributed by atoms with Gasteiger partial charge in [0.2, 0.25) is 11.8 Å². The summed E-state index contributed by atoms with van der Waals surface area (Å²) in [5.74, 6) is 2.53. The smallest absolute Gasteiger partial charge is 0.231 e. The van der Waals surface area contributed by atoms with Crippen molar-refractivity contribution in [1.29, 1.82) is 0 Å². The van der Waals surface area contributed by atoms with Crippen LogP contribution in [0.5, 0.6) is 0 Å². The van der Waals surface area contributed by atoms with Crippen LogP contribution in [0.3, 0.4) is 0 Å². The molecule has 2 fully saturated rings. The molecule has 1 aromatic heterocycles. The van der Waals surface area contributed by atoms with Gasteiger partial charge < -0.3 is 18.9 Å². The second-order valence-electron chi connectivity index (χ2n) is 7.84. The molecule has 1 aliphatic carbocycles. The van der Waals surface area contributed by atoms with Gasteiger partial charge in [-0.3, -0.25) is 4.79 Å². The maximum atomic E-state index is 12.5. The summed E-state index contributed by atoms with van der Waals surface area (Å²) in [7, 11) is 0. The van der Waals surface area contributed by atoms with Gasteiger partial charge >= 0.3 is 0 Å². The van der Waals surface area contributed by atoms with Gasteiger partial charge in [0.05, 0.1) is 12.5 Å². The molecule has 0 spiro atoms. The van der Waals surface area contributed by atoms with E-state index in [1.165, 1.54) is 0 Å². The Bertz CT molecular complexity index is 645. The number of allylic oxidation sites excluding steroid dienone is 2. The molecule has 3 aliphatic rings. The fourth-order valence-electron chi connectivity index (χ4n) is 4.10. The van der Waals surface area contributed by atoms with Crippen molar-refractivity contribution in [3.63, 3.8) is 0 Å². The number of likely N-dealkylation sites (tertiary alicyclic amines) is 1. The first kappa shape index (κ1) is 18.6. The lowest BCUT2D eigenvalue weighted by molar-refractivity contribution is -0.134. The Morgan fingerprint density at radius 3 is 2.85 bits per heavy atom. The van der Waals surface area contributed by atoms with E-state index < -0.39 is 0 Å². The van der Waals surface area contributed by atoms with E-state index in [2.05, 4.69) is 22.3 Å². The molecular formula is C20H29N3O4. The standard InChI is InChI=1S/C20H29N3O4/c24-20(16-3-1-2-4-16)23-9-5-17(13-23)19-21-18(22-27-19)8-12-26-14-15-6-10-25-11-7-15/h1-2,15-17H,3-14H2. The number of hydrogen-bond donors (Lipinski definition) is 0. The Hall–Kier alpha value is -1.73. The van der Waals surface area contributed by atoms with Crippen LogP contribution in [-0.2, 0) is 20.7 Å². The average Bonchev–Trinajstić information content (AvgIpc) is 3.47. The first-order chi connectivity index (χ1) is 13.3. The fraction of sp³-hybridized carbons (Fsp3) is 0.750. The molecule has 0 aromatic carbocycles. The summed E-state index contributed by atoms with van der Waals surface area (Å²) < 4.78 is 16.6. The molecule has 27 heavy (non-hydrogen) atoms. The number of hydrogen-bond acceptors (Lipinski definition) is 6. The molecule has 148 valence electrons. The van der Waals surface area contributed by atoms with Crippen LogP contribution in [0.2, 0.25) is 0 Å². The van der Waals surface area contributed by atoms with E-state index in [1.54, 1.807) is 0 Å². The van der Waals surface area contributed by atoms with Gasteiger partial charge in [0.1, 0.15) is 0 Å². The van der Waals surface area contributed by atoms with Gasteiger partial charge in [-0.1, -0.05) is 17.3 Å². The van der Waals surface area contributed by atoms with Crippen molar-refractivity contribution < 1.29 is 18.8 Å². The Labute approximate surface area is 160 Å². The summed E-state index contributed by atoms with van der Waals surface area (Å²) in [6, 6.07) is 0. The summed E-state index contributed by atoms with van der Waals surface area (Å²) in [6.45, 7) is 4.56. The molecule has 0 saturated carbocycles. The van der Waals surface area contributed by atoms with Crippen molar-refractivity contribution in [3.8, 4) is 0 Å². The van der Waals surface area contributed by atoms with Crippen LogP contribution < -0.4 is 0 Å². The summed E-state index contributed by atoms with van der Waals surface area (Å²) in [5, 5.41) is 4.09. The lowest BCUT2D eigenvalue weighted by atomic mass is 10.0. The molecular weight excluding hydrogens is 346 g/mol. The van der Waals surface area contributed by atoms with E-state index in [0.717, 1.165) is 58.5 Å². The Morgan fingerprint density at radius 1 is 1.22 bits per heavy atom. The van der Waals surface area contributed by atoms with Gasteiger partial charge in [0.25, 0.3) is 0 Å². The minimum absolute atomic E-state index is 0.134. The molecule has 2 aliphatic heterocycles. The van der Waals surface area contributed by atoms with Crippen LogP contribution >= 0.6 is 0 Å². The van der Waals surface area contributed by atoms with Crippen LogP contribution in [0.15, 0.2) is 16.7 Å². The van der Waals surface area contributed by atoms with Crippen LogP contribution in [0, 0.1) is 11.8 Å². The molecule has 0 bridgehead atoms. The number of carbonyl (C=O) groups excluding carboxylic acids is 1. The number of carbonyl (C=O) groups is 1. The maximum absolute atomic E-state index is 12.5. The van der Waals surface area contributed by atoms with Crippen molar-refractivity contribution >= 4 is 5.91 Å². The predicted molar refractivity (Wildman–Crippen MR) is 98.2 cm³/mol. The SMILES string of the molecule is O=C(C1CC=CC1)N1CCC(c2nc(CCOCC3CCOCC3)no2)C1. The maximum Gasteiger partial charge on any atom is 0.231 e. The van der Waals surface area contributed by atoms with Crippen LogP contribution in [0.25, 0.3) is 0 Å². The Morgan fingerprint density at radius 2 is 2.04 bits per heavy atom. The molecule has 0 radical (unpaired) electrons. The second-order valence-corrected chi connectivity index (χ2v) is 7.84. The van der Waals surface area contributed by atoms with Gasteiger partial charge in [0, 0.05) is 45.2 Å². The zero-order chi connectivity index (χ0) is 18.5. The molecule has 4 rings (SSSR count). The molecule has 2 saturated heterocycles. The number of nitrogens with zero attached hydrogens (tertiary/aromatic N) is 3. The molecule has 1 unspecified atom stereocenters. The van der Waals surface area contributed by atoms with Gasteiger partial charge in [0.15, 0.2) is 5.82 Å². The minimum atomic E-state index is 0.134. The minimum Gasteiger partial charge on any atom is -0.381 e. The predicted octanol–water partition coefficient (Wildman–Crippen LogP) is 2.34. The fourth-order valence-corrected chi connectivity index (χ4v) is 4.10. The highest BCUT2D eigenvalue weighted by Gasteiger charge is 2.34. The first-order valence-electron chi connectivity index (χ1n) is 10.2. The van der Waals surface area contributed by atoms with Gasteiger partial charge in [-0.2, -0.15) is 4.98 Å². The first-order valence-corrected chi connectivity index (χ1v) is 10.2. The van der Waals surface area contributed by atoms with E-state index in [-0.39, 0.29) is 17.7 Å². The molecule has 1 amide bonds. The molecule has 1 atom stereocenters. The van der Waals surface area contributed by atoms with Gasteiger partial charge in [-0.05, 0) is 38.0 Å². The van der Waals surface area contributed by atoms with Gasteiger partial charge in [-0.15, -0.1) is 0 Å². The summed E-state index contributed by atoms with van der Waals surface area (Å²) in [5.41, 5.74) is 0. The molecule has 3 heterocycles. The lowest BCUT2D eigenvalue weighted by Crippen LogP contribution is -2.33. The number of ether oxygens (including phenoxy) is 2. The normalized spacial score (nSPS) is 24.1. The third kappa shape index (κ3) is 4.76. The van der Waals surface area contributed by atoms with Crippen molar-refractivity contribution in [3.05, 3.63) is 23.9 Å². The topological polar surface area (TPSA) is 77.7 Å². The van der Waals surface area contributed by atoms with Gasteiger partial charge in [-0.25, -0.2) is 0 Å². The Balaban J connectivity index is 1.19. The van der Waals surface area contributed by atoms with E-state index >= 15 is 0 Å². The van der Waals surface area contributed by atoms with Crippen molar-refractivity contribution in [2.24, 2.45) is 11.8 Å². The molecule has 7 heteroatoms. The lowest BCUT2D eigenvalue weighted by Gasteiger charge is -2.21. The third-order valence-electron chi connectivity index (χ3n) is 5.85. The average molecular weight is 375 g/mol. The highest BCUT2D eigenvalue weighted by Crippen LogP contribution is 2.29. The van der Waals surface area contributed by atoms with Crippen LogP contribution in [0.1, 0.15) is 49.7 Å². The van der Waals surface area contributed by atoms with E-state index in [9.17, 15) is 4.79 Å². The van der Waals surface area contributed by atoms with Crippen molar-refractivity contribution in [1.82, 2.24) is 15.0 Å². The number of amides is 1.